The number of rotatable bonds is 8. The van der Waals surface area contributed by atoms with E-state index in [1.165, 1.54) is 6.26 Å². The molecule has 3 rings (SSSR count). The summed E-state index contributed by atoms with van der Waals surface area (Å²) < 4.78 is 24.2. The number of nitrogens with two attached hydrogens (primary N) is 1. The second-order valence-corrected chi connectivity index (χ2v) is 10.1. The summed E-state index contributed by atoms with van der Waals surface area (Å²) in [7, 11) is -3.36. The number of nitrogens with zero attached hydrogens (tertiary/aromatic N) is 1. The number of carbonyl (C=O) groups excluding carboxylic acids is 1. The van der Waals surface area contributed by atoms with Crippen molar-refractivity contribution in [3.63, 3.8) is 0 Å². The average molecular weight is 465 g/mol. The second kappa shape index (κ2) is 9.87. The Balaban J connectivity index is 1.76. The minimum absolute atomic E-state index is 0.0254. The van der Waals surface area contributed by atoms with Gasteiger partial charge in [-0.3, -0.25) is 10.2 Å². The van der Waals surface area contributed by atoms with Gasteiger partial charge in [-0.05, 0) is 49.7 Å². The molecular weight excluding hydrogens is 436 g/mol. The molecule has 0 atom stereocenters. The molecule has 0 saturated carbocycles. The first-order valence-electron chi connectivity index (χ1n) is 10.5. The highest BCUT2D eigenvalue weighted by molar-refractivity contribution is 7.90. The first kappa shape index (κ1) is 24.0. The highest BCUT2D eigenvalue weighted by Gasteiger charge is 2.17. The maximum Gasteiger partial charge on any atom is 0.243 e. The Hall–Kier alpha value is -3.65. The summed E-state index contributed by atoms with van der Waals surface area (Å²) in [4.78, 5) is 15.0. The molecule has 4 N–H and O–H groups in total. The molecule has 3 aromatic rings. The van der Waals surface area contributed by atoms with E-state index in [0.29, 0.717) is 16.8 Å². The van der Waals surface area contributed by atoms with Crippen molar-refractivity contribution >= 4 is 33.0 Å². The Morgan fingerprint density at radius 1 is 1.03 bits per heavy atom. The van der Waals surface area contributed by atoms with E-state index in [4.69, 9.17) is 11.1 Å². The van der Waals surface area contributed by atoms with E-state index >= 15 is 0 Å². The molecule has 0 bridgehead atoms. The van der Waals surface area contributed by atoms with Gasteiger partial charge in [-0.1, -0.05) is 42.5 Å². The normalized spacial score (nSPS) is 11.3. The van der Waals surface area contributed by atoms with E-state index in [-0.39, 0.29) is 29.2 Å². The highest BCUT2D eigenvalue weighted by atomic mass is 32.2. The van der Waals surface area contributed by atoms with E-state index in [0.717, 1.165) is 11.3 Å². The summed E-state index contributed by atoms with van der Waals surface area (Å²) in [6.07, 6.45) is 1.19. The first-order chi connectivity index (χ1) is 15.6. The number of amidine groups is 1. The molecule has 0 heterocycles. The smallest absolute Gasteiger partial charge is 0.243 e. The van der Waals surface area contributed by atoms with E-state index in [1.807, 2.05) is 30.9 Å². The minimum atomic E-state index is -3.36. The first-order valence-corrected chi connectivity index (χ1v) is 12.4. The van der Waals surface area contributed by atoms with Crippen LogP contribution in [0.3, 0.4) is 0 Å². The Bertz CT molecular complexity index is 1270. The third-order valence-electron chi connectivity index (χ3n) is 5.19. The molecule has 7 nitrogen and oxygen atoms in total. The fourth-order valence-corrected chi connectivity index (χ4v) is 4.45. The van der Waals surface area contributed by atoms with Crippen LogP contribution in [0.5, 0.6) is 0 Å². The van der Waals surface area contributed by atoms with Crippen LogP contribution in [0.25, 0.3) is 11.1 Å². The predicted molar refractivity (Wildman–Crippen MR) is 134 cm³/mol. The molecular formula is C25H28N4O3S. The largest absolute Gasteiger partial charge is 0.384 e. The average Bonchev–Trinajstić information content (AvgIpc) is 2.77. The van der Waals surface area contributed by atoms with Crippen molar-refractivity contribution < 1.29 is 13.2 Å². The molecule has 0 fully saturated rings. The molecule has 172 valence electrons. The summed E-state index contributed by atoms with van der Waals surface area (Å²) in [6.45, 7) is 4.10. The standard InChI is InChI=1S/C25H28N4O3S/c1-17(2)29(21-8-6-7-19(15-21)25(26)27)16-24(30)28-20-13-11-18(12-14-20)22-9-4-5-10-23(22)33(3,31)32/h4-15,17H,16H2,1-3H3,(H3,26,27)(H,28,30). The molecule has 33 heavy (non-hydrogen) atoms. The number of nitrogens with one attached hydrogen (secondary N) is 2. The summed E-state index contributed by atoms with van der Waals surface area (Å²) in [5.74, 6) is -0.219. The lowest BCUT2D eigenvalue weighted by Crippen LogP contribution is -2.38. The van der Waals surface area contributed by atoms with Crippen LogP contribution in [-0.4, -0.2) is 39.0 Å². The fraction of sp³-hybridized carbons (Fsp3) is 0.200. The third-order valence-corrected chi connectivity index (χ3v) is 6.35. The molecule has 0 spiro atoms. The zero-order valence-electron chi connectivity index (χ0n) is 18.9. The van der Waals surface area contributed by atoms with Gasteiger partial charge in [-0.25, -0.2) is 8.42 Å². The van der Waals surface area contributed by atoms with Gasteiger partial charge in [-0.15, -0.1) is 0 Å². The molecule has 0 aliphatic rings. The number of anilines is 2. The van der Waals surface area contributed by atoms with Gasteiger partial charge < -0.3 is 16.0 Å². The van der Waals surface area contributed by atoms with Crippen LogP contribution in [-0.2, 0) is 14.6 Å². The number of nitrogen functional groups attached to an aromatic ring is 1. The molecule has 8 heteroatoms. The summed E-state index contributed by atoms with van der Waals surface area (Å²) in [5, 5.41) is 10.5. The number of carbonyl (C=O) groups is 1. The van der Waals surface area contributed by atoms with E-state index < -0.39 is 9.84 Å². The van der Waals surface area contributed by atoms with Crippen molar-refractivity contribution in [2.24, 2.45) is 5.73 Å². The van der Waals surface area contributed by atoms with Crippen LogP contribution >= 0.6 is 0 Å². The lowest BCUT2D eigenvalue weighted by Gasteiger charge is -2.28. The zero-order valence-corrected chi connectivity index (χ0v) is 19.7. The van der Waals surface area contributed by atoms with Crippen LogP contribution in [0.1, 0.15) is 19.4 Å². The van der Waals surface area contributed by atoms with Crippen molar-refractivity contribution in [2.75, 3.05) is 23.0 Å². The maximum atomic E-state index is 12.8. The van der Waals surface area contributed by atoms with Crippen LogP contribution < -0.4 is 16.0 Å². The van der Waals surface area contributed by atoms with Gasteiger partial charge in [-0.2, -0.15) is 0 Å². The summed E-state index contributed by atoms with van der Waals surface area (Å²) in [5.41, 5.74) is 8.99. The Kier molecular flexibility index (Phi) is 7.18. The Morgan fingerprint density at radius 3 is 2.30 bits per heavy atom. The third kappa shape index (κ3) is 5.98. The molecule has 0 unspecified atom stereocenters. The van der Waals surface area contributed by atoms with Crippen molar-refractivity contribution in [1.82, 2.24) is 0 Å². The SMILES string of the molecule is CC(C)N(CC(=O)Nc1ccc(-c2ccccc2S(C)(=O)=O)cc1)c1cccc(C(=N)N)c1. The minimum Gasteiger partial charge on any atom is -0.384 e. The lowest BCUT2D eigenvalue weighted by molar-refractivity contribution is -0.115. The molecule has 3 aromatic carbocycles. The van der Waals surface area contributed by atoms with Crippen LogP contribution in [0.4, 0.5) is 11.4 Å². The number of sulfone groups is 1. The van der Waals surface area contributed by atoms with Gasteiger partial charge in [0, 0.05) is 34.8 Å². The second-order valence-electron chi connectivity index (χ2n) is 8.08. The quantitative estimate of drug-likeness (QED) is 0.345. The number of hydrogen-bond acceptors (Lipinski definition) is 5. The molecule has 0 radical (unpaired) electrons. The number of amides is 1. The number of benzene rings is 3. The van der Waals surface area contributed by atoms with Gasteiger partial charge in [0.25, 0.3) is 0 Å². The monoisotopic (exact) mass is 464 g/mol. The van der Waals surface area contributed by atoms with E-state index in [1.54, 1.807) is 60.7 Å². The van der Waals surface area contributed by atoms with Crippen LogP contribution in [0.2, 0.25) is 0 Å². The van der Waals surface area contributed by atoms with Gasteiger partial charge in [0.05, 0.1) is 11.4 Å². The maximum absolute atomic E-state index is 12.8. The van der Waals surface area contributed by atoms with Crippen molar-refractivity contribution in [3.05, 3.63) is 78.4 Å². The van der Waals surface area contributed by atoms with Crippen molar-refractivity contribution in [3.8, 4) is 11.1 Å². The molecule has 0 saturated heterocycles. The summed E-state index contributed by atoms with van der Waals surface area (Å²) >= 11 is 0. The van der Waals surface area contributed by atoms with Gasteiger partial charge >= 0.3 is 0 Å². The topological polar surface area (TPSA) is 116 Å². The van der Waals surface area contributed by atoms with Gasteiger partial charge in [0.1, 0.15) is 5.84 Å². The van der Waals surface area contributed by atoms with Gasteiger partial charge in [0.2, 0.25) is 5.91 Å². The molecule has 1 amide bonds. The Morgan fingerprint density at radius 2 is 1.70 bits per heavy atom. The molecule has 0 aromatic heterocycles. The van der Waals surface area contributed by atoms with Crippen molar-refractivity contribution in [1.29, 1.82) is 5.41 Å². The number of hydrogen-bond donors (Lipinski definition) is 3. The van der Waals surface area contributed by atoms with Gasteiger partial charge in [0.15, 0.2) is 9.84 Å². The van der Waals surface area contributed by atoms with Crippen molar-refractivity contribution in [2.45, 2.75) is 24.8 Å². The lowest BCUT2D eigenvalue weighted by atomic mass is 10.1. The Labute approximate surface area is 194 Å². The molecule has 0 aliphatic heterocycles. The zero-order chi connectivity index (χ0) is 24.2. The summed E-state index contributed by atoms with van der Waals surface area (Å²) in [6, 6.07) is 21.2. The van der Waals surface area contributed by atoms with Crippen LogP contribution in [0.15, 0.2) is 77.7 Å². The molecule has 0 aliphatic carbocycles. The predicted octanol–water partition coefficient (Wildman–Crippen LogP) is 3.89. The van der Waals surface area contributed by atoms with E-state index in [2.05, 4.69) is 5.32 Å². The highest BCUT2D eigenvalue weighted by Crippen LogP contribution is 2.28. The van der Waals surface area contributed by atoms with E-state index in [9.17, 15) is 13.2 Å². The van der Waals surface area contributed by atoms with Crippen LogP contribution in [0, 0.1) is 5.41 Å². The fourth-order valence-electron chi connectivity index (χ4n) is 3.54.